The molecule has 178 valence electrons. The lowest BCUT2D eigenvalue weighted by molar-refractivity contribution is -0.120. The molecule has 3 heterocycles. The number of rotatable bonds is 6. The van der Waals surface area contributed by atoms with Crippen molar-refractivity contribution in [2.24, 2.45) is 11.7 Å². The summed E-state index contributed by atoms with van der Waals surface area (Å²) in [5.41, 5.74) is 6.94. The summed E-state index contributed by atoms with van der Waals surface area (Å²) in [6.45, 7) is 1.95. The Morgan fingerprint density at radius 3 is 2.61 bits per heavy atom. The molecule has 0 bridgehead atoms. The Balaban J connectivity index is 1.51. The monoisotopic (exact) mass is 492 g/mol. The Morgan fingerprint density at radius 2 is 1.94 bits per heavy atom. The summed E-state index contributed by atoms with van der Waals surface area (Å²) in [6.07, 6.45) is 1.84. The van der Waals surface area contributed by atoms with Crippen LogP contribution in [0.25, 0.3) is 0 Å². The number of ether oxygens (including phenoxy) is 1. The summed E-state index contributed by atoms with van der Waals surface area (Å²) in [5.74, 6) is -0.798. The van der Waals surface area contributed by atoms with Crippen LogP contribution in [-0.4, -0.2) is 63.2 Å². The number of benzene rings is 1. The highest BCUT2D eigenvalue weighted by atomic mass is 32.2. The van der Waals surface area contributed by atoms with Gasteiger partial charge in [0.05, 0.1) is 23.5 Å². The van der Waals surface area contributed by atoms with Gasteiger partial charge in [-0.3, -0.25) is 9.59 Å². The molecule has 2 aliphatic heterocycles. The number of nitrogens with two attached hydrogens (primary N) is 1. The van der Waals surface area contributed by atoms with Gasteiger partial charge in [-0.05, 0) is 56.1 Å². The lowest BCUT2D eigenvalue weighted by atomic mass is 9.98. The highest BCUT2D eigenvalue weighted by molar-refractivity contribution is 7.89. The van der Waals surface area contributed by atoms with Crippen LogP contribution in [0, 0.1) is 5.92 Å². The van der Waals surface area contributed by atoms with Gasteiger partial charge in [-0.1, -0.05) is 0 Å². The van der Waals surface area contributed by atoms with Crippen LogP contribution >= 0.6 is 11.3 Å². The van der Waals surface area contributed by atoms with E-state index >= 15 is 0 Å². The molecule has 1 atom stereocenters. The van der Waals surface area contributed by atoms with Gasteiger partial charge >= 0.3 is 0 Å². The fourth-order valence-corrected chi connectivity index (χ4v) is 7.23. The molecular formula is C22H28N4O5S2. The van der Waals surface area contributed by atoms with Crippen LogP contribution in [0.15, 0.2) is 29.2 Å². The first-order valence-corrected chi connectivity index (χ1v) is 13.0. The van der Waals surface area contributed by atoms with E-state index in [1.807, 2.05) is 7.05 Å². The predicted octanol–water partition coefficient (Wildman–Crippen LogP) is 1.88. The third-order valence-electron chi connectivity index (χ3n) is 6.18. The Hall–Kier alpha value is -2.47. The molecular weight excluding hydrogens is 464 g/mol. The highest BCUT2D eigenvalue weighted by Gasteiger charge is 2.34. The highest BCUT2D eigenvalue weighted by Crippen LogP contribution is 2.37. The standard InChI is InChI=1S/C22H28N4O5S2/c1-25-11-9-17-18(13-25)32-22(19(17)20(23)27)24-21(28)14-4-3-10-26(12-14)33(29,30)16-7-5-15(31-2)6-8-16/h5-8,14H,3-4,9-13H2,1-2H3,(H2,23,27)(H,24,28). The first-order valence-electron chi connectivity index (χ1n) is 10.8. The first kappa shape index (κ1) is 23.7. The van der Waals surface area contributed by atoms with Crippen LogP contribution in [-0.2, 0) is 27.8 Å². The van der Waals surface area contributed by atoms with Crippen molar-refractivity contribution in [3.8, 4) is 5.75 Å². The molecule has 1 fully saturated rings. The number of primary amides is 1. The van der Waals surface area contributed by atoms with Gasteiger partial charge in [0.1, 0.15) is 10.8 Å². The van der Waals surface area contributed by atoms with Gasteiger partial charge in [0, 0.05) is 31.1 Å². The molecule has 9 nitrogen and oxygen atoms in total. The summed E-state index contributed by atoms with van der Waals surface area (Å²) in [6, 6.07) is 6.21. The molecule has 1 aromatic heterocycles. The number of piperidine rings is 1. The summed E-state index contributed by atoms with van der Waals surface area (Å²) in [4.78, 5) is 28.6. The number of hydrogen-bond donors (Lipinski definition) is 2. The van der Waals surface area contributed by atoms with Crippen molar-refractivity contribution >= 4 is 38.2 Å². The lowest BCUT2D eigenvalue weighted by Gasteiger charge is -2.31. The SMILES string of the molecule is COc1ccc(S(=O)(=O)N2CCCC(C(=O)Nc3sc4c(c3C(N)=O)CCN(C)C4)C2)cc1. The number of methoxy groups -OCH3 is 1. The van der Waals surface area contributed by atoms with Gasteiger partial charge in [-0.2, -0.15) is 4.31 Å². The van der Waals surface area contributed by atoms with Crippen LogP contribution in [0.5, 0.6) is 5.75 Å². The largest absolute Gasteiger partial charge is 0.497 e. The molecule has 1 saturated heterocycles. The molecule has 3 N–H and O–H groups in total. The average Bonchev–Trinajstić information content (AvgIpc) is 3.16. The second-order valence-electron chi connectivity index (χ2n) is 8.43. The maximum absolute atomic E-state index is 13.1. The van der Waals surface area contributed by atoms with Crippen molar-refractivity contribution in [2.75, 3.05) is 39.1 Å². The van der Waals surface area contributed by atoms with Crippen molar-refractivity contribution < 1.29 is 22.7 Å². The second-order valence-corrected chi connectivity index (χ2v) is 11.5. The van der Waals surface area contributed by atoms with Crippen LogP contribution in [0.2, 0.25) is 0 Å². The van der Waals surface area contributed by atoms with Gasteiger partial charge in [-0.25, -0.2) is 8.42 Å². The van der Waals surface area contributed by atoms with E-state index in [1.54, 1.807) is 12.1 Å². The van der Waals surface area contributed by atoms with Gasteiger partial charge in [0.15, 0.2) is 0 Å². The van der Waals surface area contributed by atoms with Gasteiger partial charge < -0.3 is 20.7 Å². The van der Waals surface area contributed by atoms with E-state index in [2.05, 4.69) is 10.2 Å². The number of amides is 2. The zero-order chi connectivity index (χ0) is 23.8. The van der Waals surface area contributed by atoms with Crippen molar-refractivity contribution in [3.05, 3.63) is 40.3 Å². The van der Waals surface area contributed by atoms with Gasteiger partial charge in [-0.15, -0.1) is 11.3 Å². The van der Waals surface area contributed by atoms with Crippen molar-refractivity contribution in [3.63, 3.8) is 0 Å². The molecule has 2 aromatic rings. The normalized spacial score (nSPS) is 19.6. The topological polar surface area (TPSA) is 122 Å². The maximum atomic E-state index is 13.1. The third-order valence-corrected chi connectivity index (χ3v) is 9.19. The minimum absolute atomic E-state index is 0.0833. The fraction of sp³-hybridized carbons (Fsp3) is 0.455. The average molecular weight is 493 g/mol. The number of anilines is 1. The van der Waals surface area contributed by atoms with Crippen LogP contribution in [0.1, 0.15) is 33.6 Å². The summed E-state index contributed by atoms with van der Waals surface area (Å²) in [5, 5.41) is 3.34. The molecule has 11 heteroatoms. The maximum Gasteiger partial charge on any atom is 0.251 e. The molecule has 33 heavy (non-hydrogen) atoms. The van der Waals surface area contributed by atoms with Crippen LogP contribution in [0.4, 0.5) is 5.00 Å². The van der Waals surface area contributed by atoms with Gasteiger partial charge in [0.25, 0.3) is 5.91 Å². The van der Waals surface area contributed by atoms with E-state index in [1.165, 1.54) is 34.9 Å². The summed E-state index contributed by atoms with van der Waals surface area (Å²) < 4.78 is 32.7. The van der Waals surface area contributed by atoms with Crippen LogP contribution in [0.3, 0.4) is 0 Å². The Kier molecular flexibility index (Phi) is 6.76. The van der Waals surface area contributed by atoms with E-state index < -0.39 is 21.8 Å². The number of sulfonamides is 1. The lowest BCUT2D eigenvalue weighted by Crippen LogP contribution is -2.43. The van der Waals surface area contributed by atoms with Crippen LogP contribution < -0.4 is 15.8 Å². The predicted molar refractivity (Wildman–Crippen MR) is 126 cm³/mol. The van der Waals surface area contributed by atoms with E-state index in [0.29, 0.717) is 48.7 Å². The molecule has 4 rings (SSSR count). The third kappa shape index (κ3) is 4.77. The number of fused-ring (bicyclic) bond motifs is 1. The second kappa shape index (κ2) is 9.41. The number of nitrogens with zero attached hydrogens (tertiary/aromatic N) is 2. The molecule has 0 aliphatic carbocycles. The number of thiophene rings is 1. The molecule has 0 spiro atoms. The van der Waals surface area contributed by atoms with E-state index in [0.717, 1.165) is 17.0 Å². The van der Waals surface area contributed by atoms with E-state index in [-0.39, 0.29) is 17.3 Å². The zero-order valence-electron chi connectivity index (χ0n) is 18.7. The number of carbonyl (C=O) groups excluding carboxylic acids is 2. The summed E-state index contributed by atoms with van der Waals surface area (Å²) in [7, 11) is -0.214. The molecule has 2 amide bonds. The van der Waals surface area contributed by atoms with E-state index in [9.17, 15) is 18.0 Å². The summed E-state index contributed by atoms with van der Waals surface area (Å²) >= 11 is 1.37. The van der Waals surface area contributed by atoms with E-state index in [4.69, 9.17) is 10.5 Å². The molecule has 0 saturated carbocycles. The smallest absolute Gasteiger partial charge is 0.251 e. The number of likely N-dealkylation sites (N-methyl/N-ethyl adjacent to an activating group) is 1. The number of hydrogen-bond acceptors (Lipinski definition) is 7. The van der Waals surface area contributed by atoms with Gasteiger partial charge in [0.2, 0.25) is 15.9 Å². The Bertz CT molecular complexity index is 1160. The first-order chi connectivity index (χ1) is 15.7. The Morgan fingerprint density at radius 1 is 1.21 bits per heavy atom. The molecule has 1 aromatic carbocycles. The van der Waals surface area contributed by atoms with Crippen molar-refractivity contribution in [2.45, 2.75) is 30.7 Å². The Labute approximate surface area is 197 Å². The zero-order valence-corrected chi connectivity index (χ0v) is 20.3. The quantitative estimate of drug-likeness (QED) is 0.635. The molecule has 2 aliphatic rings. The molecule has 0 radical (unpaired) electrons. The van der Waals surface area contributed by atoms with Crippen molar-refractivity contribution in [1.29, 1.82) is 0 Å². The minimum atomic E-state index is -3.74. The fourth-order valence-electron chi connectivity index (χ4n) is 4.37. The van der Waals surface area contributed by atoms with Crippen molar-refractivity contribution in [1.82, 2.24) is 9.21 Å². The minimum Gasteiger partial charge on any atom is -0.497 e. The molecule has 1 unspecified atom stereocenters. The number of carbonyl (C=O) groups is 2. The number of nitrogens with one attached hydrogen (secondary N) is 1.